The molecule has 2 aliphatic carbocycles. The lowest BCUT2D eigenvalue weighted by Crippen LogP contribution is -2.53. The van der Waals surface area contributed by atoms with Crippen LogP contribution in [-0.2, 0) is 4.74 Å². The third kappa shape index (κ3) is 2.07. The summed E-state index contributed by atoms with van der Waals surface area (Å²) < 4.78 is 5.98. The second-order valence-corrected chi connectivity index (χ2v) is 7.05. The molecule has 0 radical (unpaired) electrons. The molecular weight excluding hydrogens is 208 g/mol. The number of ether oxygens (including phenoxy) is 1. The van der Waals surface area contributed by atoms with Gasteiger partial charge in [0.15, 0.2) is 0 Å². The molecule has 2 rings (SSSR count). The van der Waals surface area contributed by atoms with Crippen molar-refractivity contribution in [2.24, 2.45) is 16.7 Å². The van der Waals surface area contributed by atoms with Crippen molar-refractivity contribution < 1.29 is 4.74 Å². The van der Waals surface area contributed by atoms with E-state index in [9.17, 15) is 0 Å². The molecule has 17 heavy (non-hydrogen) atoms. The standard InChI is InChI=1S/C16H28O/c1-12-7-10-16(13(2)11-12)9-6-8-15(3,4)14(16)17-5/h7,13-14H,6,8-11H2,1-5H3. The molecule has 0 aromatic rings. The summed E-state index contributed by atoms with van der Waals surface area (Å²) in [5.74, 6) is 0.761. The van der Waals surface area contributed by atoms with Crippen LogP contribution in [0.3, 0.4) is 0 Å². The van der Waals surface area contributed by atoms with Crippen LogP contribution in [0.4, 0.5) is 0 Å². The number of hydrogen-bond acceptors (Lipinski definition) is 1. The van der Waals surface area contributed by atoms with Gasteiger partial charge in [0.25, 0.3) is 0 Å². The summed E-state index contributed by atoms with van der Waals surface area (Å²) in [7, 11) is 1.91. The highest BCUT2D eigenvalue weighted by atomic mass is 16.5. The van der Waals surface area contributed by atoms with Crippen molar-refractivity contribution in [3.05, 3.63) is 11.6 Å². The Labute approximate surface area is 107 Å². The van der Waals surface area contributed by atoms with Gasteiger partial charge in [0.2, 0.25) is 0 Å². The van der Waals surface area contributed by atoms with Gasteiger partial charge in [-0.15, -0.1) is 0 Å². The quantitative estimate of drug-likeness (QED) is 0.606. The average Bonchev–Trinajstić information content (AvgIpc) is 2.23. The third-order valence-electron chi connectivity index (χ3n) is 5.37. The molecular formula is C16H28O. The predicted molar refractivity (Wildman–Crippen MR) is 73.0 cm³/mol. The molecule has 0 saturated heterocycles. The Balaban J connectivity index is 2.34. The van der Waals surface area contributed by atoms with Crippen LogP contribution in [0.1, 0.15) is 59.8 Å². The van der Waals surface area contributed by atoms with Gasteiger partial charge >= 0.3 is 0 Å². The molecule has 0 aliphatic heterocycles. The molecule has 0 N–H and O–H groups in total. The molecule has 0 bridgehead atoms. The Hall–Kier alpha value is -0.300. The van der Waals surface area contributed by atoms with Crippen molar-refractivity contribution in [1.29, 1.82) is 0 Å². The minimum atomic E-state index is 0.334. The van der Waals surface area contributed by atoms with E-state index in [0.29, 0.717) is 16.9 Å². The summed E-state index contributed by atoms with van der Waals surface area (Å²) in [6.07, 6.45) is 9.39. The smallest absolute Gasteiger partial charge is 0.0683 e. The van der Waals surface area contributed by atoms with Gasteiger partial charge in [-0.3, -0.25) is 0 Å². The summed E-state index contributed by atoms with van der Waals surface area (Å²) in [6, 6.07) is 0. The van der Waals surface area contributed by atoms with Crippen LogP contribution >= 0.6 is 0 Å². The van der Waals surface area contributed by atoms with Gasteiger partial charge in [-0.25, -0.2) is 0 Å². The van der Waals surface area contributed by atoms with Crippen LogP contribution in [0, 0.1) is 16.7 Å². The van der Waals surface area contributed by atoms with Crippen molar-refractivity contribution in [2.75, 3.05) is 7.11 Å². The zero-order valence-electron chi connectivity index (χ0n) is 12.2. The zero-order chi connectivity index (χ0) is 12.7. The number of allylic oxidation sites excluding steroid dienone is 2. The molecule has 0 amide bonds. The Bertz CT molecular complexity index is 315. The minimum absolute atomic E-state index is 0.334. The molecule has 0 aromatic carbocycles. The monoisotopic (exact) mass is 236 g/mol. The average molecular weight is 236 g/mol. The number of rotatable bonds is 1. The molecule has 1 spiro atoms. The van der Waals surface area contributed by atoms with Gasteiger partial charge < -0.3 is 4.74 Å². The second kappa shape index (κ2) is 4.42. The van der Waals surface area contributed by atoms with Crippen LogP contribution in [0.15, 0.2) is 11.6 Å². The number of hydrogen-bond donors (Lipinski definition) is 0. The maximum Gasteiger partial charge on any atom is 0.0683 e. The first-order valence-electron chi connectivity index (χ1n) is 7.11. The topological polar surface area (TPSA) is 9.23 Å². The Morgan fingerprint density at radius 1 is 1.29 bits per heavy atom. The van der Waals surface area contributed by atoms with Gasteiger partial charge in [-0.05, 0) is 43.9 Å². The summed E-state index contributed by atoms with van der Waals surface area (Å²) in [4.78, 5) is 0. The van der Waals surface area contributed by atoms with Gasteiger partial charge in [0, 0.05) is 12.5 Å². The summed E-state index contributed by atoms with van der Waals surface area (Å²) in [5.41, 5.74) is 2.30. The molecule has 1 nitrogen and oxygen atoms in total. The maximum absolute atomic E-state index is 5.98. The van der Waals surface area contributed by atoms with Crippen LogP contribution in [0.25, 0.3) is 0 Å². The van der Waals surface area contributed by atoms with Gasteiger partial charge in [-0.1, -0.05) is 38.8 Å². The zero-order valence-corrected chi connectivity index (χ0v) is 12.2. The van der Waals surface area contributed by atoms with Crippen LogP contribution in [-0.4, -0.2) is 13.2 Å². The highest BCUT2D eigenvalue weighted by molar-refractivity contribution is 5.14. The van der Waals surface area contributed by atoms with E-state index in [1.165, 1.54) is 32.1 Å². The van der Waals surface area contributed by atoms with E-state index in [1.807, 2.05) is 7.11 Å². The molecule has 3 unspecified atom stereocenters. The molecule has 0 heterocycles. The highest BCUT2D eigenvalue weighted by Gasteiger charge is 2.52. The lowest BCUT2D eigenvalue weighted by Gasteiger charge is -2.55. The predicted octanol–water partition coefficient (Wildman–Crippen LogP) is 4.57. The largest absolute Gasteiger partial charge is 0.380 e. The van der Waals surface area contributed by atoms with Crippen molar-refractivity contribution in [2.45, 2.75) is 65.9 Å². The first kappa shape index (κ1) is 13.1. The fourth-order valence-corrected chi connectivity index (χ4v) is 4.52. The maximum atomic E-state index is 5.98. The molecule has 1 saturated carbocycles. The van der Waals surface area contributed by atoms with Crippen LogP contribution in [0.2, 0.25) is 0 Å². The summed E-state index contributed by atoms with van der Waals surface area (Å²) in [6.45, 7) is 9.49. The lowest BCUT2D eigenvalue weighted by atomic mass is 9.53. The molecule has 0 aromatic heterocycles. The van der Waals surface area contributed by atoms with E-state index in [-0.39, 0.29) is 0 Å². The van der Waals surface area contributed by atoms with Gasteiger partial charge in [-0.2, -0.15) is 0 Å². The summed E-state index contributed by atoms with van der Waals surface area (Å²) >= 11 is 0. The fourth-order valence-electron chi connectivity index (χ4n) is 4.52. The second-order valence-electron chi connectivity index (χ2n) is 7.05. The Kier molecular flexibility index (Phi) is 3.42. The van der Waals surface area contributed by atoms with E-state index in [0.717, 1.165) is 5.92 Å². The lowest BCUT2D eigenvalue weighted by molar-refractivity contribution is -0.139. The SMILES string of the molecule is COC1C(C)(C)CCCC12CC=C(C)CC2C. The van der Waals surface area contributed by atoms with Crippen molar-refractivity contribution in [3.8, 4) is 0 Å². The van der Waals surface area contributed by atoms with E-state index < -0.39 is 0 Å². The van der Waals surface area contributed by atoms with Crippen LogP contribution in [0.5, 0.6) is 0 Å². The molecule has 1 heteroatoms. The summed E-state index contributed by atoms with van der Waals surface area (Å²) in [5, 5.41) is 0. The highest BCUT2D eigenvalue weighted by Crippen LogP contribution is 2.56. The van der Waals surface area contributed by atoms with Crippen molar-refractivity contribution in [1.82, 2.24) is 0 Å². The van der Waals surface area contributed by atoms with E-state index >= 15 is 0 Å². The molecule has 98 valence electrons. The molecule has 1 fully saturated rings. The van der Waals surface area contributed by atoms with Crippen molar-refractivity contribution in [3.63, 3.8) is 0 Å². The Morgan fingerprint density at radius 2 is 2.00 bits per heavy atom. The first-order valence-corrected chi connectivity index (χ1v) is 7.11. The number of methoxy groups -OCH3 is 1. The first-order chi connectivity index (χ1) is 7.92. The van der Waals surface area contributed by atoms with Gasteiger partial charge in [0.05, 0.1) is 6.10 Å². The molecule has 3 atom stereocenters. The van der Waals surface area contributed by atoms with Crippen molar-refractivity contribution >= 4 is 0 Å². The van der Waals surface area contributed by atoms with Gasteiger partial charge in [0.1, 0.15) is 0 Å². The third-order valence-corrected chi connectivity index (χ3v) is 5.37. The molecule has 2 aliphatic rings. The van der Waals surface area contributed by atoms with E-state index in [2.05, 4.69) is 33.8 Å². The Morgan fingerprint density at radius 3 is 2.59 bits per heavy atom. The normalized spacial score (nSPS) is 41.4. The van der Waals surface area contributed by atoms with Crippen LogP contribution < -0.4 is 0 Å². The minimum Gasteiger partial charge on any atom is -0.380 e. The van der Waals surface area contributed by atoms with E-state index in [4.69, 9.17) is 4.74 Å². The van der Waals surface area contributed by atoms with E-state index in [1.54, 1.807) is 5.57 Å². The fraction of sp³-hybridized carbons (Fsp3) is 0.875.